The number of imidazole rings is 1. The molecule has 0 aromatic carbocycles. The summed E-state index contributed by atoms with van der Waals surface area (Å²) in [5.41, 5.74) is 0. The van der Waals surface area contributed by atoms with Gasteiger partial charge in [0.15, 0.2) is 12.1 Å². The predicted molar refractivity (Wildman–Crippen MR) is 44.8 cm³/mol. The van der Waals surface area contributed by atoms with E-state index in [1.807, 2.05) is 18.7 Å². The Morgan fingerprint density at radius 1 is 1.36 bits per heavy atom. The van der Waals surface area contributed by atoms with Crippen molar-refractivity contribution < 1.29 is 3.97 Å². The van der Waals surface area contributed by atoms with E-state index in [-0.39, 0.29) is 0 Å². The highest BCUT2D eigenvalue weighted by Crippen LogP contribution is 2.14. The van der Waals surface area contributed by atoms with Crippen molar-refractivity contribution in [1.29, 1.82) is 0 Å². The second-order valence-corrected chi connectivity index (χ2v) is 3.79. The van der Waals surface area contributed by atoms with Crippen molar-refractivity contribution in [3.05, 3.63) is 18.7 Å². The SMILES string of the molecule is c1c[n+](SN2CCCC2)c[nH]1. The van der Waals surface area contributed by atoms with Crippen LogP contribution in [-0.4, -0.2) is 22.4 Å². The van der Waals surface area contributed by atoms with Crippen molar-refractivity contribution in [3.8, 4) is 0 Å². The van der Waals surface area contributed by atoms with Gasteiger partial charge in [0, 0.05) is 13.1 Å². The average Bonchev–Trinajstić information content (AvgIpc) is 2.60. The lowest BCUT2D eigenvalue weighted by Crippen LogP contribution is -2.29. The third-order valence-corrected chi connectivity index (χ3v) is 2.81. The molecule has 1 aromatic rings. The van der Waals surface area contributed by atoms with Gasteiger partial charge in [0.05, 0.1) is 0 Å². The molecule has 0 bridgehead atoms. The number of nitrogens with one attached hydrogen (secondary N) is 1. The van der Waals surface area contributed by atoms with Gasteiger partial charge in [0.2, 0.25) is 0 Å². The van der Waals surface area contributed by atoms with Crippen LogP contribution in [0, 0.1) is 0 Å². The quantitative estimate of drug-likeness (QED) is 0.524. The van der Waals surface area contributed by atoms with Gasteiger partial charge in [-0.1, -0.05) is 0 Å². The normalized spacial score (nSPS) is 19.3. The molecule has 60 valence electrons. The topological polar surface area (TPSA) is 22.9 Å². The Morgan fingerprint density at radius 3 is 2.82 bits per heavy atom. The summed E-state index contributed by atoms with van der Waals surface area (Å²) in [6.07, 6.45) is 8.62. The van der Waals surface area contributed by atoms with Crippen LogP contribution in [0.25, 0.3) is 0 Å². The predicted octanol–water partition coefficient (Wildman–Crippen LogP) is 0.809. The smallest absolute Gasteiger partial charge is 0.249 e. The molecule has 1 N–H and O–H groups in total. The lowest BCUT2D eigenvalue weighted by Gasteiger charge is -2.06. The molecular weight excluding hydrogens is 158 g/mol. The maximum Gasteiger partial charge on any atom is 0.254 e. The first-order valence-corrected chi connectivity index (χ1v) is 4.65. The molecule has 2 rings (SSSR count). The number of hydrogen-bond acceptors (Lipinski definition) is 2. The zero-order valence-electron chi connectivity index (χ0n) is 6.36. The van der Waals surface area contributed by atoms with Gasteiger partial charge >= 0.3 is 0 Å². The number of aromatic nitrogens is 2. The molecule has 1 aliphatic heterocycles. The van der Waals surface area contributed by atoms with Crippen LogP contribution in [0.15, 0.2) is 18.7 Å². The van der Waals surface area contributed by atoms with Crippen LogP contribution in [0.3, 0.4) is 0 Å². The minimum atomic E-state index is 1.23. The van der Waals surface area contributed by atoms with Crippen LogP contribution in [0.4, 0.5) is 0 Å². The number of H-pyrrole nitrogens is 1. The van der Waals surface area contributed by atoms with Crippen LogP contribution in [0.1, 0.15) is 12.8 Å². The van der Waals surface area contributed by atoms with Gasteiger partial charge in [-0.2, -0.15) is 3.97 Å². The first-order valence-electron chi connectivity index (χ1n) is 3.92. The molecule has 0 radical (unpaired) electrons. The summed E-state index contributed by atoms with van der Waals surface area (Å²) >= 11 is 1.78. The molecular formula is C7H12N3S+. The molecule has 0 amide bonds. The van der Waals surface area contributed by atoms with E-state index in [0.717, 1.165) is 0 Å². The maximum atomic E-state index is 3.02. The summed E-state index contributed by atoms with van der Waals surface area (Å²) in [5.74, 6) is 0. The van der Waals surface area contributed by atoms with E-state index in [0.29, 0.717) is 0 Å². The van der Waals surface area contributed by atoms with Gasteiger partial charge in [-0.3, -0.25) is 0 Å². The summed E-state index contributed by atoms with van der Waals surface area (Å²) < 4.78 is 4.47. The zero-order chi connectivity index (χ0) is 7.52. The highest BCUT2D eigenvalue weighted by Gasteiger charge is 2.15. The minimum absolute atomic E-state index is 1.23. The fourth-order valence-corrected chi connectivity index (χ4v) is 2.14. The first kappa shape index (κ1) is 7.18. The summed E-state index contributed by atoms with van der Waals surface area (Å²) in [6.45, 7) is 2.45. The first-order chi connectivity index (χ1) is 5.45. The van der Waals surface area contributed by atoms with Crippen LogP contribution >= 0.6 is 12.1 Å². The second-order valence-electron chi connectivity index (χ2n) is 2.69. The molecule has 0 saturated carbocycles. The molecule has 2 heterocycles. The average molecular weight is 170 g/mol. The van der Waals surface area contributed by atoms with Crippen molar-refractivity contribution in [3.63, 3.8) is 0 Å². The number of nitrogens with zero attached hydrogens (tertiary/aromatic N) is 2. The molecule has 3 nitrogen and oxygen atoms in total. The molecule has 0 spiro atoms. The second kappa shape index (κ2) is 3.28. The van der Waals surface area contributed by atoms with Gasteiger partial charge in [-0.15, -0.1) is 0 Å². The molecule has 1 saturated heterocycles. The number of hydrogen-bond donors (Lipinski definition) is 1. The Kier molecular flexibility index (Phi) is 2.14. The van der Waals surface area contributed by atoms with E-state index in [1.54, 1.807) is 12.1 Å². The Labute approximate surface area is 70.7 Å². The van der Waals surface area contributed by atoms with E-state index >= 15 is 0 Å². The van der Waals surface area contributed by atoms with E-state index in [2.05, 4.69) is 13.3 Å². The monoisotopic (exact) mass is 170 g/mol. The highest BCUT2D eigenvalue weighted by molar-refractivity contribution is 7.90. The van der Waals surface area contributed by atoms with Crippen molar-refractivity contribution in [2.24, 2.45) is 0 Å². The number of aromatic amines is 1. The van der Waals surface area contributed by atoms with Crippen LogP contribution in [-0.2, 0) is 0 Å². The summed E-state index contributed by atoms with van der Waals surface area (Å²) in [4.78, 5) is 3.02. The Morgan fingerprint density at radius 2 is 2.18 bits per heavy atom. The summed E-state index contributed by atoms with van der Waals surface area (Å²) in [6, 6.07) is 0. The van der Waals surface area contributed by atoms with Crippen LogP contribution in [0.2, 0.25) is 0 Å². The third-order valence-electron chi connectivity index (χ3n) is 1.79. The van der Waals surface area contributed by atoms with Crippen molar-refractivity contribution in [1.82, 2.24) is 9.29 Å². The Hall–Kier alpha value is -0.480. The van der Waals surface area contributed by atoms with Crippen LogP contribution in [0.5, 0.6) is 0 Å². The van der Waals surface area contributed by atoms with Crippen molar-refractivity contribution >= 4 is 12.1 Å². The van der Waals surface area contributed by atoms with Gasteiger partial charge in [-0.05, 0) is 12.8 Å². The molecule has 1 aromatic heterocycles. The highest BCUT2D eigenvalue weighted by atomic mass is 32.2. The van der Waals surface area contributed by atoms with E-state index < -0.39 is 0 Å². The molecule has 0 unspecified atom stereocenters. The minimum Gasteiger partial charge on any atom is -0.249 e. The van der Waals surface area contributed by atoms with Crippen molar-refractivity contribution in [2.45, 2.75) is 12.8 Å². The van der Waals surface area contributed by atoms with Gasteiger partial charge < -0.3 is 0 Å². The largest absolute Gasteiger partial charge is 0.254 e. The molecule has 0 aliphatic carbocycles. The summed E-state index contributed by atoms with van der Waals surface area (Å²) in [5, 5.41) is 0. The Bertz CT molecular complexity index is 203. The zero-order valence-corrected chi connectivity index (χ0v) is 7.18. The maximum absolute atomic E-state index is 3.02. The molecule has 11 heavy (non-hydrogen) atoms. The third kappa shape index (κ3) is 1.75. The van der Waals surface area contributed by atoms with Gasteiger partial charge in [0.25, 0.3) is 6.33 Å². The van der Waals surface area contributed by atoms with Gasteiger partial charge in [0.1, 0.15) is 12.4 Å². The standard InChI is InChI=1S/C7H11N3S/c1-2-5-9(4-1)11-10-6-3-8-7-10/h3,6-7H,1-2,4-5H2/p+1. The fourth-order valence-electron chi connectivity index (χ4n) is 1.23. The molecule has 1 aliphatic rings. The van der Waals surface area contributed by atoms with Crippen molar-refractivity contribution in [2.75, 3.05) is 13.1 Å². The number of rotatable bonds is 2. The molecule has 1 fully saturated rings. The van der Waals surface area contributed by atoms with Gasteiger partial charge in [-0.25, -0.2) is 9.29 Å². The lowest BCUT2D eigenvalue weighted by molar-refractivity contribution is -0.496. The van der Waals surface area contributed by atoms with E-state index in [1.165, 1.54) is 25.9 Å². The van der Waals surface area contributed by atoms with E-state index in [4.69, 9.17) is 0 Å². The summed E-state index contributed by atoms with van der Waals surface area (Å²) in [7, 11) is 0. The van der Waals surface area contributed by atoms with E-state index in [9.17, 15) is 0 Å². The fraction of sp³-hybridized carbons (Fsp3) is 0.571. The lowest BCUT2D eigenvalue weighted by atomic mass is 10.4. The molecule has 0 atom stereocenters. The molecule has 4 heteroatoms. The van der Waals surface area contributed by atoms with Crippen LogP contribution < -0.4 is 3.97 Å². The Balaban J connectivity index is 1.90.